The summed E-state index contributed by atoms with van der Waals surface area (Å²) in [6, 6.07) is 10.6. The summed E-state index contributed by atoms with van der Waals surface area (Å²) >= 11 is 0. The topological polar surface area (TPSA) is 17.8 Å². The van der Waals surface area contributed by atoms with Gasteiger partial charge in [-0.05, 0) is 49.8 Å². The largest absolute Gasteiger partial charge is 0.237 e. The number of hydrogen-bond acceptors (Lipinski definition) is 1. The van der Waals surface area contributed by atoms with Gasteiger partial charge in [-0.2, -0.15) is 5.10 Å². The van der Waals surface area contributed by atoms with Gasteiger partial charge in [0.15, 0.2) is 0 Å². The van der Waals surface area contributed by atoms with Crippen LogP contribution >= 0.6 is 0 Å². The maximum absolute atomic E-state index is 4.89. The molecule has 2 heteroatoms. The number of hydrogen-bond donors (Lipinski definition) is 0. The standard InChI is InChI=1S/C17H22N2/c1-2-3-5-12-16-15-11-8-13-17(15)19(18-16)14-9-6-4-7-10-14/h4,6-7,9-10H,2-3,5,8,11-13H2,1H3. The number of rotatable bonds is 5. The molecule has 1 heterocycles. The highest BCUT2D eigenvalue weighted by Crippen LogP contribution is 2.28. The van der Waals surface area contributed by atoms with Gasteiger partial charge in [0.05, 0.1) is 11.4 Å². The molecule has 0 fully saturated rings. The van der Waals surface area contributed by atoms with Gasteiger partial charge in [0.2, 0.25) is 0 Å². The van der Waals surface area contributed by atoms with Crippen molar-refractivity contribution in [2.75, 3.05) is 0 Å². The second-order valence-corrected chi connectivity index (χ2v) is 5.43. The molecule has 0 amide bonds. The first-order chi connectivity index (χ1) is 9.40. The van der Waals surface area contributed by atoms with Crippen LogP contribution in [0.2, 0.25) is 0 Å². The summed E-state index contributed by atoms with van der Waals surface area (Å²) < 4.78 is 2.18. The van der Waals surface area contributed by atoms with Gasteiger partial charge in [-0.15, -0.1) is 0 Å². The lowest BCUT2D eigenvalue weighted by molar-refractivity contribution is 0.685. The number of fused-ring (bicyclic) bond motifs is 1. The Morgan fingerprint density at radius 2 is 1.95 bits per heavy atom. The Hall–Kier alpha value is -1.57. The van der Waals surface area contributed by atoms with Crippen molar-refractivity contribution < 1.29 is 0 Å². The summed E-state index contributed by atoms with van der Waals surface area (Å²) in [5, 5.41) is 4.89. The van der Waals surface area contributed by atoms with E-state index < -0.39 is 0 Å². The Morgan fingerprint density at radius 1 is 1.11 bits per heavy atom. The number of para-hydroxylation sites is 1. The zero-order valence-corrected chi connectivity index (χ0v) is 11.7. The van der Waals surface area contributed by atoms with Gasteiger partial charge < -0.3 is 0 Å². The Kier molecular flexibility index (Phi) is 3.67. The number of aryl methyl sites for hydroxylation is 1. The van der Waals surface area contributed by atoms with Crippen molar-refractivity contribution in [1.82, 2.24) is 9.78 Å². The van der Waals surface area contributed by atoms with Crippen LogP contribution < -0.4 is 0 Å². The molecule has 1 aromatic heterocycles. The van der Waals surface area contributed by atoms with Gasteiger partial charge in [-0.1, -0.05) is 38.0 Å². The van der Waals surface area contributed by atoms with Gasteiger partial charge in [0.25, 0.3) is 0 Å². The van der Waals surface area contributed by atoms with E-state index >= 15 is 0 Å². The molecular weight excluding hydrogens is 232 g/mol. The van der Waals surface area contributed by atoms with Crippen molar-refractivity contribution in [1.29, 1.82) is 0 Å². The fourth-order valence-corrected chi connectivity index (χ4v) is 3.04. The molecule has 100 valence electrons. The van der Waals surface area contributed by atoms with E-state index in [0.29, 0.717) is 0 Å². The van der Waals surface area contributed by atoms with Crippen LogP contribution in [-0.2, 0) is 19.3 Å². The highest BCUT2D eigenvalue weighted by atomic mass is 15.3. The molecule has 1 aromatic carbocycles. The molecule has 0 unspecified atom stereocenters. The van der Waals surface area contributed by atoms with Crippen molar-refractivity contribution >= 4 is 0 Å². The van der Waals surface area contributed by atoms with E-state index in [2.05, 4.69) is 41.9 Å². The quantitative estimate of drug-likeness (QED) is 0.735. The van der Waals surface area contributed by atoms with Crippen LogP contribution in [-0.4, -0.2) is 9.78 Å². The van der Waals surface area contributed by atoms with Crippen molar-refractivity contribution in [2.45, 2.75) is 51.9 Å². The fourth-order valence-electron chi connectivity index (χ4n) is 3.04. The molecule has 19 heavy (non-hydrogen) atoms. The van der Waals surface area contributed by atoms with Crippen LogP contribution in [0.3, 0.4) is 0 Å². The molecule has 0 radical (unpaired) electrons. The smallest absolute Gasteiger partial charge is 0.0663 e. The summed E-state index contributed by atoms with van der Waals surface area (Å²) in [5.41, 5.74) is 5.56. The molecule has 0 bridgehead atoms. The van der Waals surface area contributed by atoms with Crippen LogP contribution in [0.4, 0.5) is 0 Å². The van der Waals surface area contributed by atoms with E-state index in [4.69, 9.17) is 5.10 Å². The molecule has 1 aliphatic carbocycles. The van der Waals surface area contributed by atoms with Gasteiger partial charge in [-0.25, -0.2) is 4.68 Å². The lowest BCUT2D eigenvalue weighted by Gasteiger charge is -2.04. The Balaban J connectivity index is 1.91. The van der Waals surface area contributed by atoms with E-state index in [1.54, 1.807) is 5.56 Å². The zero-order valence-electron chi connectivity index (χ0n) is 11.7. The Morgan fingerprint density at radius 3 is 2.74 bits per heavy atom. The van der Waals surface area contributed by atoms with Crippen molar-refractivity contribution in [2.24, 2.45) is 0 Å². The van der Waals surface area contributed by atoms with Crippen LogP contribution in [0.15, 0.2) is 30.3 Å². The molecule has 0 atom stereocenters. The Bertz CT molecular complexity index is 540. The van der Waals surface area contributed by atoms with Crippen LogP contribution in [0.25, 0.3) is 5.69 Å². The summed E-state index contributed by atoms with van der Waals surface area (Å²) in [5.74, 6) is 0. The number of benzene rings is 1. The number of unbranched alkanes of at least 4 members (excludes halogenated alkanes) is 2. The highest BCUT2D eigenvalue weighted by molar-refractivity contribution is 5.39. The molecule has 0 N–H and O–H groups in total. The predicted octanol–water partition coefficient (Wildman–Crippen LogP) is 4.09. The SMILES string of the molecule is CCCCCc1nn(-c2ccccc2)c2c1CCC2. The van der Waals surface area contributed by atoms with Crippen LogP contribution in [0.5, 0.6) is 0 Å². The minimum absolute atomic E-state index is 1.15. The molecule has 2 aromatic rings. The second kappa shape index (κ2) is 5.60. The minimum atomic E-state index is 1.15. The zero-order chi connectivity index (χ0) is 13.1. The van der Waals surface area contributed by atoms with E-state index in [-0.39, 0.29) is 0 Å². The average Bonchev–Trinajstić information content (AvgIpc) is 3.03. The average molecular weight is 254 g/mol. The van der Waals surface area contributed by atoms with Crippen molar-refractivity contribution in [3.05, 3.63) is 47.3 Å². The van der Waals surface area contributed by atoms with Gasteiger partial charge in [-0.3, -0.25) is 0 Å². The van der Waals surface area contributed by atoms with E-state index in [1.165, 1.54) is 55.6 Å². The van der Waals surface area contributed by atoms with E-state index in [0.717, 1.165) is 6.42 Å². The maximum atomic E-state index is 4.89. The molecular formula is C17H22N2. The lowest BCUT2D eigenvalue weighted by Crippen LogP contribution is -2.01. The molecule has 0 aliphatic heterocycles. The summed E-state index contributed by atoms with van der Waals surface area (Å²) in [4.78, 5) is 0. The predicted molar refractivity (Wildman–Crippen MR) is 78.8 cm³/mol. The third-order valence-electron chi connectivity index (χ3n) is 4.03. The molecule has 2 nitrogen and oxygen atoms in total. The third kappa shape index (κ3) is 2.44. The molecule has 0 saturated carbocycles. The lowest BCUT2D eigenvalue weighted by atomic mass is 10.1. The normalized spacial score (nSPS) is 13.7. The summed E-state index contributed by atoms with van der Waals surface area (Å²) in [6.45, 7) is 2.26. The van der Waals surface area contributed by atoms with Crippen LogP contribution in [0, 0.1) is 0 Å². The van der Waals surface area contributed by atoms with E-state index in [9.17, 15) is 0 Å². The first-order valence-electron chi connectivity index (χ1n) is 7.55. The van der Waals surface area contributed by atoms with Crippen molar-refractivity contribution in [3.8, 4) is 5.69 Å². The van der Waals surface area contributed by atoms with Gasteiger partial charge in [0, 0.05) is 5.69 Å². The van der Waals surface area contributed by atoms with Gasteiger partial charge >= 0.3 is 0 Å². The maximum Gasteiger partial charge on any atom is 0.0663 e. The monoisotopic (exact) mass is 254 g/mol. The first-order valence-corrected chi connectivity index (χ1v) is 7.55. The summed E-state index contributed by atoms with van der Waals surface area (Å²) in [7, 11) is 0. The highest BCUT2D eigenvalue weighted by Gasteiger charge is 2.22. The molecule has 1 aliphatic rings. The van der Waals surface area contributed by atoms with Gasteiger partial charge in [0.1, 0.15) is 0 Å². The van der Waals surface area contributed by atoms with Crippen LogP contribution in [0.1, 0.15) is 49.6 Å². The number of nitrogens with zero attached hydrogens (tertiary/aromatic N) is 2. The Labute approximate surface area is 115 Å². The fraction of sp³-hybridized carbons (Fsp3) is 0.471. The van der Waals surface area contributed by atoms with E-state index in [1.807, 2.05) is 0 Å². The number of aromatic nitrogens is 2. The molecule has 3 rings (SSSR count). The second-order valence-electron chi connectivity index (χ2n) is 5.43. The minimum Gasteiger partial charge on any atom is -0.237 e. The summed E-state index contributed by atoms with van der Waals surface area (Å²) in [6.07, 6.45) is 8.72. The third-order valence-corrected chi connectivity index (χ3v) is 4.03. The molecule has 0 spiro atoms. The molecule has 0 saturated heterocycles. The van der Waals surface area contributed by atoms with Crippen molar-refractivity contribution in [3.63, 3.8) is 0 Å². The first kappa shape index (κ1) is 12.5.